The molecule has 0 bridgehead atoms. The number of hydrogen-bond donors (Lipinski definition) is 2. The van der Waals surface area contributed by atoms with Crippen molar-refractivity contribution in [3.8, 4) is 0 Å². The number of nitrogens with one attached hydrogen (secondary N) is 1. The summed E-state index contributed by atoms with van der Waals surface area (Å²) >= 11 is -2.35. The lowest BCUT2D eigenvalue weighted by atomic mass is 9.86. The summed E-state index contributed by atoms with van der Waals surface area (Å²) in [6, 6.07) is 28.9. The summed E-state index contributed by atoms with van der Waals surface area (Å²) in [5.41, 5.74) is 5.13. The van der Waals surface area contributed by atoms with Crippen LogP contribution >= 0.6 is 0 Å². The van der Waals surface area contributed by atoms with Gasteiger partial charge in [0.1, 0.15) is 0 Å². The number of fused-ring (bicyclic) bond motifs is 2. The predicted octanol–water partition coefficient (Wildman–Crippen LogP) is 6.17. The molecule has 0 aliphatic heterocycles. The predicted molar refractivity (Wildman–Crippen MR) is 159 cm³/mol. The van der Waals surface area contributed by atoms with Crippen LogP contribution in [0.4, 0.5) is 5.69 Å². The van der Waals surface area contributed by atoms with E-state index in [0.29, 0.717) is 5.69 Å². The highest BCUT2D eigenvalue weighted by Gasteiger charge is 2.30. The first kappa shape index (κ1) is 27.1. The number of amides is 1. The average molecular weight is 542 g/mol. The topological polar surface area (TPSA) is 72.9 Å². The van der Waals surface area contributed by atoms with E-state index in [0.717, 1.165) is 42.1 Å². The molecule has 2 N–H and O–H groups in total. The number of benzene rings is 4. The van der Waals surface area contributed by atoms with Crippen molar-refractivity contribution in [2.24, 2.45) is 0 Å². The van der Waals surface area contributed by atoms with Crippen LogP contribution in [0.1, 0.15) is 53.6 Å². The molecule has 0 heterocycles. The second-order valence-corrected chi connectivity index (χ2v) is 11.4. The third-order valence-electron chi connectivity index (χ3n) is 7.36. The van der Waals surface area contributed by atoms with Crippen LogP contribution in [-0.2, 0) is 29.0 Å². The number of anilines is 1. The maximum absolute atomic E-state index is 13.6. The molecule has 1 amide bonds. The molecule has 0 saturated carbocycles. The molecular weight excluding hydrogens is 506 g/mol. The Kier molecular flexibility index (Phi) is 8.41. The molecule has 3 atom stereocenters. The van der Waals surface area contributed by atoms with E-state index in [2.05, 4.69) is 42.5 Å². The van der Waals surface area contributed by atoms with Crippen molar-refractivity contribution in [1.82, 2.24) is 10.2 Å². The van der Waals surface area contributed by atoms with Gasteiger partial charge < -0.3 is 10.2 Å². The smallest absolute Gasteiger partial charge is 0.262 e. The van der Waals surface area contributed by atoms with E-state index < -0.39 is 17.3 Å². The van der Waals surface area contributed by atoms with Gasteiger partial charge in [-0.15, -0.1) is 0 Å². The normalized spacial score (nSPS) is 16.5. The molecule has 4 aromatic rings. The van der Waals surface area contributed by atoms with Crippen molar-refractivity contribution in [1.29, 1.82) is 0 Å². The summed E-state index contributed by atoms with van der Waals surface area (Å²) < 4.78 is 24.7. The fourth-order valence-electron chi connectivity index (χ4n) is 5.61. The van der Waals surface area contributed by atoms with Crippen molar-refractivity contribution < 1.29 is 13.6 Å². The van der Waals surface area contributed by atoms with Crippen LogP contribution in [0.2, 0.25) is 0 Å². The van der Waals surface area contributed by atoms with E-state index in [9.17, 15) is 13.6 Å². The van der Waals surface area contributed by atoms with Crippen molar-refractivity contribution in [2.75, 3.05) is 18.4 Å². The largest absolute Gasteiger partial charge is 0.349 e. The Morgan fingerprint density at radius 2 is 1.72 bits per heavy atom. The zero-order valence-corrected chi connectivity index (χ0v) is 23.2. The number of hydrogen-bond acceptors (Lipinski definition) is 3. The van der Waals surface area contributed by atoms with Gasteiger partial charge in [-0.05, 0) is 78.5 Å². The van der Waals surface area contributed by atoms with Gasteiger partial charge in [-0.25, -0.2) is 4.21 Å². The monoisotopic (exact) mass is 541 g/mol. The minimum Gasteiger partial charge on any atom is -0.349 e. The molecular formula is C32H35N3O3S. The highest BCUT2D eigenvalue weighted by atomic mass is 32.2. The van der Waals surface area contributed by atoms with Crippen LogP contribution < -0.4 is 9.62 Å². The maximum Gasteiger partial charge on any atom is 0.262 e. The Hall–Kier alpha value is -3.52. The molecule has 6 nitrogen and oxygen atoms in total. The van der Waals surface area contributed by atoms with Crippen LogP contribution in [0.3, 0.4) is 0 Å². The Morgan fingerprint density at radius 3 is 2.46 bits per heavy atom. The lowest BCUT2D eigenvalue weighted by Gasteiger charge is -2.32. The highest BCUT2D eigenvalue weighted by Crippen LogP contribution is 2.35. The van der Waals surface area contributed by atoms with Gasteiger partial charge in [0.2, 0.25) is 5.91 Å². The molecule has 0 spiro atoms. The van der Waals surface area contributed by atoms with Gasteiger partial charge >= 0.3 is 0 Å². The molecule has 0 aromatic heterocycles. The first-order valence-corrected chi connectivity index (χ1v) is 14.4. The van der Waals surface area contributed by atoms with Crippen LogP contribution in [-0.4, -0.2) is 33.7 Å². The first-order valence-electron chi connectivity index (χ1n) is 13.4. The SMILES string of the molecule is CN(C)Cc1ccc2c(c1)CCCC2NC(=O)CC(c1ccccc1)N(c1ccc2ccccc2c1)S(=O)O. The number of aryl methyl sites for hydroxylation is 1. The molecule has 1 aliphatic carbocycles. The molecule has 0 radical (unpaired) electrons. The van der Waals surface area contributed by atoms with Gasteiger partial charge in [-0.1, -0.05) is 78.9 Å². The second-order valence-electron chi connectivity index (χ2n) is 10.5. The highest BCUT2D eigenvalue weighted by molar-refractivity contribution is 7.80. The maximum atomic E-state index is 13.6. The fraction of sp³-hybridized carbons (Fsp3) is 0.281. The zero-order chi connectivity index (χ0) is 27.4. The first-order chi connectivity index (χ1) is 18.9. The Bertz CT molecular complexity index is 1470. The van der Waals surface area contributed by atoms with Crippen molar-refractivity contribution in [3.05, 3.63) is 113 Å². The van der Waals surface area contributed by atoms with E-state index >= 15 is 0 Å². The summed E-state index contributed by atoms with van der Waals surface area (Å²) in [6.45, 7) is 0.881. The van der Waals surface area contributed by atoms with Gasteiger partial charge in [0.15, 0.2) is 0 Å². The quantitative estimate of drug-likeness (QED) is 0.249. The van der Waals surface area contributed by atoms with Gasteiger partial charge in [-0.2, -0.15) is 0 Å². The molecule has 202 valence electrons. The summed E-state index contributed by atoms with van der Waals surface area (Å²) in [6.07, 6.45) is 2.94. The van der Waals surface area contributed by atoms with Gasteiger partial charge in [0.05, 0.1) is 24.2 Å². The Morgan fingerprint density at radius 1 is 0.974 bits per heavy atom. The van der Waals surface area contributed by atoms with Crippen molar-refractivity contribution >= 4 is 33.6 Å². The van der Waals surface area contributed by atoms with Crippen LogP contribution in [0.25, 0.3) is 10.8 Å². The molecule has 3 unspecified atom stereocenters. The van der Waals surface area contributed by atoms with Gasteiger partial charge in [-0.3, -0.25) is 13.7 Å². The van der Waals surface area contributed by atoms with Crippen molar-refractivity contribution in [2.45, 2.75) is 44.3 Å². The van der Waals surface area contributed by atoms with Crippen LogP contribution in [0.15, 0.2) is 91.0 Å². The molecule has 7 heteroatoms. The summed E-state index contributed by atoms with van der Waals surface area (Å²) in [4.78, 5) is 15.7. The second kappa shape index (κ2) is 12.1. The fourth-order valence-corrected chi connectivity index (χ4v) is 6.32. The standard InChI is InChI=1S/C32H35N3O3S/c1-34(2)22-23-15-18-29-27(19-23)13-8-14-30(29)33-32(36)21-31(25-10-4-3-5-11-25)35(39(37)38)28-17-16-24-9-6-7-12-26(24)20-28/h3-7,9-12,15-20,30-31H,8,13-14,21-22H2,1-2H3,(H,33,36)(H,37,38). The third-order valence-corrected chi connectivity index (χ3v) is 8.16. The van der Waals surface area contributed by atoms with E-state index in [4.69, 9.17) is 0 Å². The minimum absolute atomic E-state index is 0.0493. The number of rotatable bonds is 9. The van der Waals surface area contributed by atoms with E-state index in [1.54, 1.807) is 0 Å². The molecule has 4 aromatic carbocycles. The summed E-state index contributed by atoms with van der Waals surface area (Å²) in [5, 5.41) is 5.27. The Labute approximate surface area is 233 Å². The molecule has 39 heavy (non-hydrogen) atoms. The summed E-state index contributed by atoms with van der Waals surface area (Å²) in [7, 11) is 4.12. The van der Waals surface area contributed by atoms with E-state index in [1.165, 1.54) is 21.0 Å². The minimum atomic E-state index is -2.35. The van der Waals surface area contributed by atoms with Crippen molar-refractivity contribution in [3.63, 3.8) is 0 Å². The van der Waals surface area contributed by atoms with Gasteiger partial charge in [0.25, 0.3) is 11.3 Å². The number of carbonyl (C=O) groups is 1. The molecule has 5 rings (SSSR count). The van der Waals surface area contributed by atoms with Gasteiger partial charge in [0, 0.05) is 6.54 Å². The summed E-state index contributed by atoms with van der Waals surface area (Å²) in [5.74, 6) is -0.143. The lowest BCUT2D eigenvalue weighted by molar-refractivity contribution is -0.122. The zero-order valence-electron chi connectivity index (χ0n) is 22.4. The average Bonchev–Trinajstić information content (AvgIpc) is 2.92. The third kappa shape index (κ3) is 6.38. The van der Waals surface area contributed by atoms with E-state index in [1.807, 2.05) is 72.8 Å². The van der Waals surface area contributed by atoms with E-state index in [-0.39, 0.29) is 18.4 Å². The molecule has 0 saturated heterocycles. The van der Waals surface area contributed by atoms with Crippen LogP contribution in [0.5, 0.6) is 0 Å². The lowest BCUT2D eigenvalue weighted by Crippen LogP contribution is -2.37. The molecule has 0 fully saturated rings. The van der Waals surface area contributed by atoms with Crippen LogP contribution in [0, 0.1) is 0 Å². The number of carbonyl (C=O) groups excluding carboxylic acids is 1. The Balaban J connectivity index is 1.42. The number of nitrogens with zero attached hydrogens (tertiary/aromatic N) is 2. The molecule has 1 aliphatic rings.